The lowest BCUT2D eigenvalue weighted by molar-refractivity contribution is 0.551. The van der Waals surface area contributed by atoms with Gasteiger partial charge in [0, 0.05) is 22.7 Å². The summed E-state index contributed by atoms with van der Waals surface area (Å²) in [5.41, 5.74) is 10.8. The summed E-state index contributed by atoms with van der Waals surface area (Å²) < 4.78 is 0. The van der Waals surface area contributed by atoms with Crippen molar-refractivity contribution in [2.75, 3.05) is 0 Å². The minimum Gasteiger partial charge on any atom is -0.256 e. The quantitative estimate of drug-likeness (QED) is 0.250. The van der Waals surface area contributed by atoms with Gasteiger partial charge in [0.15, 0.2) is 0 Å². The van der Waals surface area contributed by atoms with Crippen molar-refractivity contribution >= 4 is 0 Å². The van der Waals surface area contributed by atoms with Crippen LogP contribution in [0.4, 0.5) is 0 Å². The maximum Gasteiger partial charge on any atom is 0.0708 e. The summed E-state index contributed by atoms with van der Waals surface area (Å²) in [5, 5.41) is 0. The first-order chi connectivity index (χ1) is 17.1. The van der Waals surface area contributed by atoms with Crippen molar-refractivity contribution < 1.29 is 0 Å². The Morgan fingerprint density at radius 3 is 1.97 bits per heavy atom. The zero-order chi connectivity index (χ0) is 24.3. The van der Waals surface area contributed by atoms with Crippen LogP contribution in [0.25, 0.3) is 33.5 Å². The van der Waals surface area contributed by atoms with E-state index in [0.717, 1.165) is 17.7 Å². The third kappa shape index (κ3) is 4.42. The average Bonchev–Trinajstić information content (AvgIpc) is 2.93. The van der Waals surface area contributed by atoms with Crippen LogP contribution in [-0.4, -0.2) is 4.98 Å². The van der Waals surface area contributed by atoms with Gasteiger partial charge in [-0.25, -0.2) is 0 Å². The van der Waals surface area contributed by atoms with Gasteiger partial charge < -0.3 is 0 Å². The molecule has 172 valence electrons. The van der Waals surface area contributed by atoms with Crippen molar-refractivity contribution in [3.05, 3.63) is 138 Å². The van der Waals surface area contributed by atoms with E-state index >= 15 is 0 Å². The number of hydrogen-bond acceptors (Lipinski definition) is 1. The second-order valence-electron chi connectivity index (χ2n) is 9.45. The summed E-state index contributed by atoms with van der Waals surface area (Å²) >= 11 is 0. The summed E-state index contributed by atoms with van der Waals surface area (Å²) in [7, 11) is 0. The van der Waals surface area contributed by atoms with E-state index in [0.29, 0.717) is 0 Å². The number of pyridine rings is 1. The lowest BCUT2D eigenvalue weighted by Gasteiger charge is -2.32. The van der Waals surface area contributed by atoms with Gasteiger partial charge in [-0.15, -0.1) is 0 Å². The topological polar surface area (TPSA) is 12.9 Å². The summed E-state index contributed by atoms with van der Waals surface area (Å²) in [4.78, 5) is 4.95. The number of aryl methyl sites for hydroxylation is 1. The van der Waals surface area contributed by atoms with Gasteiger partial charge in [-0.05, 0) is 47.2 Å². The van der Waals surface area contributed by atoms with Crippen LogP contribution in [0, 0.1) is 6.92 Å². The molecule has 5 aromatic rings. The third-order valence-electron chi connectivity index (χ3n) is 7.23. The molecule has 0 saturated carbocycles. The maximum atomic E-state index is 4.95. The first-order valence-corrected chi connectivity index (χ1v) is 12.4. The van der Waals surface area contributed by atoms with E-state index in [2.05, 4.69) is 136 Å². The number of benzene rings is 4. The van der Waals surface area contributed by atoms with Gasteiger partial charge in [0.25, 0.3) is 0 Å². The number of nitrogens with zero attached hydrogens (tertiary/aromatic N) is 1. The van der Waals surface area contributed by atoms with Crippen LogP contribution in [0.3, 0.4) is 0 Å². The van der Waals surface area contributed by atoms with Crippen LogP contribution in [0.15, 0.2) is 121 Å². The molecular weight excluding hydrogens is 422 g/mol. The normalized spacial score (nSPS) is 12.8. The molecule has 0 fully saturated rings. The summed E-state index contributed by atoms with van der Waals surface area (Å²) in [6, 6.07) is 41.1. The Morgan fingerprint density at radius 1 is 0.629 bits per heavy atom. The first kappa shape index (κ1) is 22.8. The molecule has 0 radical (unpaired) electrons. The van der Waals surface area contributed by atoms with Crippen LogP contribution in [0.5, 0.6) is 0 Å². The SMILES string of the molecule is CC[C@@](C)(c1cccc(C)c1)c1ccccc1-c1cnc(-c2ccccc2)cc1-c1ccccc1. The van der Waals surface area contributed by atoms with Crippen LogP contribution in [-0.2, 0) is 5.41 Å². The highest BCUT2D eigenvalue weighted by Gasteiger charge is 2.30. The molecule has 0 unspecified atom stereocenters. The van der Waals surface area contributed by atoms with Gasteiger partial charge in [0.1, 0.15) is 0 Å². The van der Waals surface area contributed by atoms with Crippen molar-refractivity contribution in [1.29, 1.82) is 0 Å². The molecule has 0 amide bonds. The minimum atomic E-state index is -0.116. The van der Waals surface area contributed by atoms with Gasteiger partial charge in [-0.1, -0.05) is 129 Å². The Balaban J connectivity index is 1.74. The molecule has 0 bridgehead atoms. The molecule has 5 rings (SSSR count). The fourth-order valence-corrected chi connectivity index (χ4v) is 5.03. The smallest absolute Gasteiger partial charge is 0.0708 e. The molecule has 1 heteroatoms. The van der Waals surface area contributed by atoms with Crippen LogP contribution < -0.4 is 0 Å². The minimum absolute atomic E-state index is 0.116. The molecular formula is C34H31N. The predicted molar refractivity (Wildman–Crippen MR) is 148 cm³/mol. The van der Waals surface area contributed by atoms with E-state index in [1.165, 1.54) is 38.9 Å². The van der Waals surface area contributed by atoms with E-state index < -0.39 is 0 Å². The zero-order valence-electron chi connectivity index (χ0n) is 20.7. The Hall–Kier alpha value is -3.97. The fourth-order valence-electron chi connectivity index (χ4n) is 5.03. The third-order valence-corrected chi connectivity index (χ3v) is 7.23. The molecule has 1 atom stereocenters. The van der Waals surface area contributed by atoms with Crippen molar-refractivity contribution in [1.82, 2.24) is 4.98 Å². The van der Waals surface area contributed by atoms with Gasteiger partial charge in [-0.3, -0.25) is 4.98 Å². The molecule has 0 aliphatic heterocycles. The van der Waals surface area contributed by atoms with E-state index in [9.17, 15) is 0 Å². The first-order valence-electron chi connectivity index (χ1n) is 12.4. The summed E-state index contributed by atoms with van der Waals surface area (Å²) in [6.45, 7) is 6.83. The van der Waals surface area contributed by atoms with E-state index in [1.807, 2.05) is 6.07 Å². The zero-order valence-corrected chi connectivity index (χ0v) is 20.7. The molecule has 1 heterocycles. The molecule has 1 nitrogen and oxygen atoms in total. The van der Waals surface area contributed by atoms with Crippen molar-refractivity contribution in [3.63, 3.8) is 0 Å². The Labute approximate surface area is 209 Å². The second kappa shape index (κ2) is 9.72. The van der Waals surface area contributed by atoms with Crippen LogP contribution in [0.2, 0.25) is 0 Å². The van der Waals surface area contributed by atoms with E-state index in [1.54, 1.807) is 0 Å². The van der Waals surface area contributed by atoms with E-state index in [-0.39, 0.29) is 5.41 Å². The Kier molecular flexibility index (Phi) is 6.33. The Bertz CT molecular complexity index is 1440. The average molecular weight is 454 g/mol. The summed E-state index contributed by atoms with van der Waals surface area (Å²) in [6.07, 6.45) is 3.07. The maximum absolute atomic E-state index is 4.95. The molecule has 0 saturated heterocycles. The number of hydrogen-bond donors (Lipinski definition) is 0. The van der Waals surface area contributed by atoms with Gasteiger partial charge in [0.05, 0.1) is 5.69 Å². The standard InChI is InChI=1S/C34H31N/c1-4-34(3,28-19-13-14-25(2)22-28)32-21-12-11-20-29(32)31-24-35-33(27-17-9-6-10-18-27)23-30(31)26-15-7-5-8-16-26/h5-24H,4H2,1-3H3/t34-/m0/s1. The molecule has 35 heavy (non-hydrogen) atoms. The summed E-state index contributed by atoms with van der Waals surface area (Å²) in [5.74, 6) is 0. The highest BCUT2D eigenvalue weighted by molar-refractivity contribution is 5.87. The second-order valence-corrected chi connectivity index (χ2v) is 9.45. The number of aromatic nitrogens is 1. The Morgan fingerprint density at radius 2 is 1.29 bits per heavy atom. The molecule has 0 spiro atoms. The lowest BCUT2D eigenvalue weighted by Crippen LogP contribution is -2.23. The molecule has 4 aromatic carbocycles. The van der Waals surface area contributed by atoms with Crippen molar-refractivity contribution in [2.45, 2.75) is 32.6 Å². The van der Waals surface area contributed by atoms with Crippen molar-refractivity contribution in [3.8, 4) is 33.5 Å². The largest absolute Gasteiger partial charge is 0.256 e. The highest BCUT2D eigenvalue weighted by Crippen LogP contribution is 2.43. The molecule has 1 aromatic heterocycles. The van der Waals surface area contributed by atoms with Gasteiger partial charge >= 0.3 is 0 Å². The monoisotopic (exact) mass is 453 g/mol. The fraction of sp³-hybridized carbons (Fsp3) is 0.147. The van der Waals surface area contributed by atoms with Crippen LogP contribution in [0.1, 0.15) is 37.0 Å². The lowest BCUT2D eigenvalue weighted by atomic mass is 9.71. The molecule has 0 aliphatic carbocycles. The highest BCUT2D eigenvalue weighted by atomic mass is 14.7. The van der Waals surface area contributed by atoms with Gasteiger partial charge in [0.2, 0.25) is 0 Å². The predicted octanol–water partition coefficient (Wildman–Crippen LogP) is 9.11. The van der Waals surface area contributed by atoms with Crippen molar-refractivity contribution in [2.24, 2.45) is 0 Å². The van der Waals surface area contributed by atoms with E-state index in [4.69, 9.17) is 4.98 Å². The van der Waals surface area contributed by atoms with Gasteiger partial charge in [-0.2, -0.15) is 0 Å². The van der Waals surface area contributed by atoms with Crippen LogP contribution >= 0.6 is 0 Å². The molecule has 0 aliphatic rings. The number of rotatable bonds is 6. The molecule has 0 N–H and O–H groups in total.